The van der Waals surface area contributed by atoms with Crippen LogP contribution < -0.4 is 21.7 Å². The standard InChI is InChI=1S/C22H40N4O7/c1-11(2)9-15(24-19(29)14(23)7-8-17(27)28)20(30)26-18(13(5)6)21(31)25-16(22(32)33)10-12(3)4/h11-16,18H,7-10,23H2,1-6H3,(H,24,29)(H,25,31)(H,26,30)(H,27,28)(H,32,33). The second-order valence-electron chi connectivity index (χ2n) is 9.49. The van der Waals surface area contributed by atoms with Crippen LogP contribution in [0.4, 0.5) is 0 Å². The Balaban J connectivity index is 5.40. The van der Waals surface area contributed by atoms with E-state index in [0.29, 0.717) is 0 Å². The first-order valence-electron chi connectivity index (χ1n) is 11.3. The molecule has 0 radical (unpaired) electrons. The molecular formula is C22H40N4O7. The van der Waals surface area contributed by atoms with E-state index in [2.05, 4.69) is 16.0 Å². The van der Waals surface area contributed by atoms with E-state index < -0.39 is 53.8 Å². The quantitative estimate of drug-likeness (QED) is 0.198. The third-order valence-electron chi connectivity index (χ3n) is 4.91. The second kappa shape index (κ2) is 14.5. The molecule has 4 atom stereocenters. The van der Waals surface area contributed by atoms with E-state index in [1.54, 1.807) is 13.8 Å². The van der Waals surface area contributed by atoms with Gasteiger partial charge in [0, 0.05) is 6.42 Å². The lowest BCUT2D eigenvalue weighted by atomic mass is 9.98. The highest BCUT2D eigenvalue weighted by molar-refractivity contribution is 5.94. The lowest BCUT2D eigenvalue weighted by Gasteiger charge is -2.28. The maximum Gasteiger partial charge on any atom is 0.326 e. The Morgan fingerprint density at radius 1 is 0.727 bits per heavy atom. The Hall–Kier alpha value is -2.69. The van der Waals surface area contributed by atoms with Crippen LogP contribution in [0.5, 0.6) is 0 Å². The van der Waals surface area contributed by atoms with Crippen molar-refractivity contribution in [3.63, 3.8) is 0 Å². The van der Waals surface area contributed by atoms with Gasteiger partial charge in [0.2, 0.25) is 17.7 Å². The second-order valence-corrected chi connectivity index (χ2v) is 9.49. The van der Waals surface area contributed by atoms with E-state index in [1.165, 1.54) is 0 Å². The normalized spacial score (nSPS) is 15.0. The topological polar surface area (TPSA) is 188 Å². The van der Waals surface area contributed by atoms with E-state index in [1.807, 2.05) is 27.7 Å². The number of carboxylic acid groups (broad SMARTS) is 2. The molecule has 0 heterocycles. The zero-order valence-electron chi connectivity index (χ0n) is 20.4. The third kappa shape index (κ3) is 12.2. The minimum Gasteiger partial charge on any atom is -0.481 e. The first-order valence-corrected chi connectivity index (χ1v) is 11.3. The fourth-order valence-electron chi connectivity index (χ4n) is 3.13. The van der Waals surface area contributed by atoms with Gasteiger partial charge in [0.25, 0.3) is 0 Å². The summed E-state index contributed by atoms with van der Waals surface area (Å²) in [7, 11) is 0. The van der Waals surface area contributed by atoms with E-state index >= 15 is 0 Å². The molecule has 0 aromatic carbocycles. The molecule has 0 aromatic rings. The number of hydrogen-bond acceptors (Lipinski definition) is 6. The Labute approximate surface area is 195 Å². The monoisotopic (exact) mass is 472 g/mol. The Bertz CT molecular complexity index is 694. The van der Waals surface area contributed by atoms with Crippen LogP contribution in [0, 0.1) is 17.8 Å². The van der Waals surface area contributed by atoms with Crippen LogP contribution in [0.3, 0.4) is 0 Å². The van der Waals surface area contributed by atoms with Gasteiger partial charge in [-0.25, -0.2) is 4.79 Å². The van der Waals surface area contributed by atoms with Gasteiger partial charge in [0.1, 0.15) is 18.1 Å². The molecule has 3 amide bonds. The van der Waals surface area contributed by atoms with Gasteiger partial charge in [-0.15, -0.1) is 0 Å². The van der Waals surface area contributed by atoms with E-state index in [-0.39, 0.29) is 43.4 Å². The predicted molar refractivity (Wildman–Crippen MR) is 122 cm³/mol. The molecule has 0 rings (SSSR count). The van der Waals surface area contributed by atoms with Gasteiger partial charge in [-0.05, 0) is 37.0 Å². The molecule has 0 fully saturated rings. The van der Waals surface area contributed by atoms with Crippen molar-refractivity contribution >= 4 is 29.7 Å². The van der Waals surface area contributed by atoms with E-state index in [9.17, 15) is 29.1 Å². The average molecular weight is 473 g/mol. The van der Waals surface area contributed by atoms with Crippen molar-refractivity contribution in [1.82, 2.24) is 16.0 Å². The molecular weight excluding hydrogens is 432 g/mol. The number of amides is 3. The van der Waals surface area contributed by atoms with Crippen molar-refractivity contribution in [3.8, 4) is 0 Å². The first-order chi connectivity index (χ1) is 15.1. The largest absolute Gasteiger partial charge is 0.481 e. The summed E-state index contributed by atoms with van der Waals surface area (Å²) in [5.74, 6) is -4.43. The number of aliphatic carboxylic acids is 2. The number of nitrogens with one attached hydrogen (secondary N) is 3. The highest BCUT2D eigenvalue weighted by atomic mass is 16.4. The molecule has 0 aromatic heterocycles. The van der Waals surface area contributed by atoms with Gasteiger partial charge < -0.3 is 31.9 Å². The maximum atomic E-state index is 13.0. The van der Waals surface area contributed by atoms with Crippen molar-refractivity contribution in [2.24, 2.45) is 23.5 Å². The first kappa shape index (κ1) is 30.3. The van der Waals surface area contributed by atoms with Gasteiger partial charge in [-0.2, -0.15) is 0 Å². The fourth-order valence-corrected chi connectivity index (χ4v) is 3.13. The summed E-state index contributed by atoms with van der Waals surface area (Å²) in [5, 5.41) is 25.8. The predicted octanol–water partition coefficient (Wildman–Crippen LogP) is 0.466. The van der Waals surface area contributed by atoms with Crippen LogP contribution in [-0.2, 0) is 24.0 Å². The Morgan fingerprint density at radius 3 is 1.64 bits per heavy atom. The van der Waals surface area contributed by atoms with Crippen LogP contribution in [0.1, 0.15) is 67.2 Å². The zero-order valence-corrected chi connectivity index (χ0v) is 20.4. The molecule has 11 heteroatoms. The molecule has 7 N–H and O–H groups in total. The summed E-state index contributed by atoms with van der Waals surface area (Å²) in [6.07, 6.45) is 0.133. The molecule has 190 valence electrons. The van der Waals surface area contributed by atoms with Crippen LogP contribution in [0.2, 0.25) is 0 Å². The molecule has 0 aliphatic rings. The molecule has 0 aliphatic heterocycles. The summed E-state index contributed by atoms with van der Waals surface area (Å²) in [6.45, 7) is 10.8. The van der Waals surface area contributed by atoms with Crippen molar-refractivity contribution in [1.29, 1.82) is 0 Å². The number of rotatable bonds is 15. The smallest absolute Gasteiger partial charge is 0.326 e. The Kier molecular flexibility index (Phi) is 13.3. The molecule has 0 aliphatic carbocycles. The van der Waals surface area contributed by atoms with Crippen LogP contribution in [0.15, 0.2) is 0 Å². The van der Waals surface area contributed by atoms with Crippen LogP contribution >= 0.6 is 0 Å². The number of hydrogen-bond donors (Lipinski definition) is 6. The third-order valence-corrected chi connectivity index (χ3v) is 4.91. The average Bonchev–Trinajstić information content (AvgIpc) is 2.67. The molecule has 4 unspecified atom stereocenters. The summed E-state index contributed by atoms with van der Waals surface area (Å²) >= 11 is 0. The zero-order chi connectivity index (χ0) is 25.9. The van der Waals surface area contributed by atoms with Gasteiger partial charge >= 0.3 is 11.9 Å². The fraction of sp³-hybridized carbons (Fsp3) is 0.773. The number of carboxylic acids is 2. The van der Waals surface area contributed by atoms with Gasteiger partial charge in [-0.3, -0.25) is 19.2 Å². The van der Waals surface area contributed by atoms with Crippen LogP contribution in [0.25, 0.3) is 0 Å². The molecule has 33 heavy (non-hydrogen) atoms. The van der Waals surface area contributed by atoms with Gasteiger partial charge in [-0.1, -0.05) is 41.5 Å². The molecule has 0 bridgehead atoms. The van der Waals surface area contributed by atoms with Gasteiger partial charge in [0.15, 0.2) is 0 Å². The van der Waals surface area contributed by atoms with E-state index in [0.717, 1.165) is 0 Å². The maximum absolute atomic E-state index is 13.0. The highest BCUT2D eigenvalue weighted by Gasteiger charge is 2.32. The lowest BCUT2D eigenvalue weighted by molar-refractivity contribution is -0.143. The van der Waals surface area contributed by atoms with Crippen LogP contribution in [-0.4, -0.2) is 64.0 Å². The summed E-state index contributed by atoms with van der Waals surface area (Å²) in [5.41, 5.74) is 5.74. The molecule has 0 saturated heterocycles. The van der Waals surface area contributed by atoms with Crippen molar-refractivity contribution in [2.45, 2.75) is 91.4 Å². The SMILES string of the molecule is CC(C)CC(NC(=O)C(NC(=O)C(CC(C)C)NC(=O)C(N)CCC(=O)O)C(C)C)C(=O)O. The number of carbonyl (C=O) groups excluding carboxylic acids is 3. The minimum absolute atomic E-state index is 0.0186. The van der Waals surface area contributed by atoms with Crippen molar-refractivity contribution in [3.05, 3.63) is 0 Å². The van der Waals surface area contributed by atoms with E-state index in [4.69, 9.17) is 10.8 Å². The summed E-state index contributed by atoms with van der Waals surface area (Å²) in [6, 6.07) is -4.19. The molecule has 0 spiro atoms. The molecule has 0 saturated carbocycles. The summed E-state index contributed by atoms with van der Waals surface area (Å²) in [4.78, 5) is 60.3. The highest BCUT2D eigenvalue weighted by Crippen LogP contribution is 2.10. The minimum atomic E-state index is -1.16. The Morgan fingerprint density at radius 2 is 1.21 bits per heavy atom. The van der Waals surface area contributed by atoms with Crippen molar-refractivity contribution < 1.29 is 34.2 Å². The number of carbonyl (C=O) groups is 5. The van der Waals surface area contributed by atoms with Crippen molar-refractivity contribution in [2.75, 3.05) is 0 Å². The summed E-state index contributed by atoms with van der Waals surface area (Å²) < 4.78 is 0. The lowest BCUT2D eigenvalue weighted by Crippen LogP contribution is -2.58. The molecule has 11 nitrogen and oxygen atoms in total. The van der Waals surface area contributed by atoms with Gasteiger partial charge in [0.05, 0.1) is 6.04 Å². The number of nitrogens with two attached hydrogens (primary N) is 1.